The number of hydrogen-bond acceptors (Lipinski definition) is 7. The van der Waals surface area contributed by atoms with Crippen molar-refractivity contribution < 1.29 is 18.7 Å². The molecule has 3 rings (SSSR count). The van der Waals surface area contributed by atoms with E-state index in [0.717, 1.165) is 23.4 Å². The molecule has 33 heavy (non-hydrogen) atoms. The lowest BCUT2D eigenvalue weighted by Gasteiger charge is -2.21. The fourth-order valence-electron chi connectivity index (χ4n) is 3.98. The van der Waals surface area contributed by atoms with Gasteiger partial charge in [0.2, 0.25) is 0 Å². The molecule has 1 aliphatic rings. The fourth-order valence-corrected chi connectivity index (χ4v) is 4.51. The molecule has 176 valence electrons. The second kappa shape index (κ2) is 11.3. The molecule has 0 aliphatic carbocycles. The zero-order chi connectivity index (χ0) is 24.0. The summed E-state index contributed by atoms with van der Waals surface area (Å²) in [6, 6.07) is 8.67. The van der Waals surface area contributed by atoms with Crippen molar-refractivity contribution in [1.82, 2.24) is 10.3 Å². The number of nitriles is 1. The van der Waals surface area contributed by atoms with Crippen LogP contribution in [0.3, 0.4) is 0 Å². The minimum absolute atomic E-state index is 0.0203. The summed E-state index contributed by atoms with van der Waals surface area (Å²) in [7, 11) is 1.88. The van der Waals surface area contributed by atoms with Gasteiger partial charge in [-0.2, -0.15) is 5.26 Å². The van der Waals surface area contributed by atoms with Crippen molar-refractivity contribution in [3.8, 4) is 6.07 Å². The number of rotatable bonds is 10. The second-order valence-electron chi connectivity index (χ2n) is 7.92. The quantitative estimate of drug-likeness (QED) is 0.434. The van der Waals surface area contributed by atoms with E-state index in [9.17, 15) is 18.8 Å². The molecule has 0 unspecified atom stereocenters. The molecule has 2 heterocycles. The number of anilines is 3. The van der Waals surface area contributed by atoms with Crippen LogP contribution >= 0.6 is 11.8 Å². The highest BCUT2D eigenvalue weighted by Gasteiger charge is 2.27. The smallest absolute Gasteiger partial charge is 0.303 e. The first-order valence-electron chi connectivity index (χ1n) is 10.6. The van der Waals surface area contributed by atoms with Crippen molar-refractivity contribution in [2.24, 2.45) is 5.92 Å². The highest BCUT2D eigenvalue weighted by molar-refractivity contribution is 7.98. The van der Waals surface area contributed by atoms with Gasteiger partial charge in [0.05, 0.1) is 5.69 Å². The first-order chi connectivity index (χ1) is 15.9. The number of halogens is 2. The van der Waals surface area contributed by atoms with Gasteiger partial charge in [-0.3, -0.25) is 4.79 Å². The number of pyridine rings is 1. The summed E-state index contributed by atoms with van der Waals surface area (Å²) < 4.78 is 27.8. The number of benzene rings is 1. The number of carboxylic acid groups (broad SMARTS) is 1. The second-order valence-corrected chi connectivity index (χ2v) is 8.77. The van der Waals surface area contributed by atoms with Crippen LogP contribution in [0, 0.1) is 17.2 Å². The molecule has 3 N–H and O–H groups in total. The van der Waals surface area contributed by atoms with Crippen molar-refractivity contribution in [2.75, 3.05) is 43.2 Å². The average molecular weight is 476 g/mol. The molecule has 1 aromatic heterocycles. The van der Waals surface area contributed by atoms with Gasteiger partial charge in [0.25, 0.3) is 6.43 Å². The van der Waals surface area contributed by atoms with Crippen LogP contribution in [0.4, 0.5) is 26.1 Å². The number of carboxylic acids is 1. The molecule has 1 atom stereocenters. The van der Waals surface area contributed by atoms with E-state index in [1.807, 2.05) is 36.4 Å². The van der Waals surface area contributed by atoms with Crippen molar-refractivity contribution in [1.29, 1.82) is 5.26 Å². The molecule has 1 fully saturated rings. The van der Waals surface area contributed by atoms with Crippen molar-refractivity contribution in [2.45, 2.75) is 30.6 Å². The van der Waals surface area contributed by atoms with E-state index in [1.54, 1.807) is 6.07 Å². The molecular formula is C23H27F2N5O2S. The van der Waals surface area contributed by atoms with Crippen LogP contribution in [0.25, 0.3) is 0 Å². The number of aromatic nitrogens is 1. The average Bonchev–Trinajstić information content (AvgIpc) is 3.26. The molecule has 0 radical (unpaired) electrons. The summed E-state index contributed by atoms with van der Waals surface area (Å²) in [4.78, 5) is 18.3. The third-order valence-corrected chi connectivity index (χ3v) is 6.43. The number of aryl methyl sites for hydroxylation is 1. The van der Waals surface area contributed by atoms with Crippen molar-refractivity contribution in [3.63, 3.8) is 0 Å². The number of nitrogens with zero attached hydrogens (tertiary/aromatic N) is 3. The number of thioether (sulfide) groups is 1. The number of carbonyl (C=O) groups is 1. The van der Waals surface area contributed by atoms with E-state index in [0.29, 0.717) is 36.9 Å². The van der Waals surface area contributed by atoms with Crippen LogP contribution in [-0.2, 0) is 11.2 Å². The molecule has 1 aromatic carbocycles. The third-order valence-electron chi connectivity index (χ3n) is 5.63. The molecular weight excluding hydrogens is 448 g/mol. The standard InChI is InChI=1S/C23H27F2N5O2S/c1-27-12-15-7-8-30(13-15)20-10-16(22(24)25)17(11-26)23(29-20)28-18-9-14(4-6-21(31)32)3-5-19(18)33-2/h3,5,9-10,15,22,27H,4,6-8,12-13H2,1-2H3,(H,28,29)(H,31,32)/t15-/m1/s1. The van der Waals surface area contributed by atoms with Gasteiger partial charge in [-0.1, -0.05) is 6.07 Å². The Labute approximate surface area is 196 Å². The Morgan fingerprint density at radius 3 is 2.85 bits per heavy atom. The normalized spacial score (nSPS) is 15.6. The molecule has 2 aromatic rings. The van der Waals surface area contributed by atoms with Gasteiger partial charge < -0.3 is 20.6 Å². The van der Waals surface area contributed by atoms with Gasteiger partial charge in [0.15, 0.2) is 5.82 Å². The SMILES string of the molecule is CNC[C@H]1CCN(c2cc(C(F)F)c(C#N)c(Nc3cc(CCC(=O)O)ccc3SC)n2)C1. The summed E-state index contributed by atoms with van der Waals surface area (Å²) in [5.74, 6) is -0.0117. The Morgan fingerprint density at radius 2 is 2.21 bits per heavy atom. The number of aliphatic carboxylic acids is 1. The Morgan fingerprint density at radius 1 is 1.42 bits per heavy atom. The van der Waals surface area contributed by atoms with Gasteiger partial charge >= 0.3 is 5.97 Å². The van der Waals surface area contributed by atoms with Crippen LogP contribution < -0.4 is 15.5 Å². The van der Waals surface area contributed by atoms with E-state index in [1.165, 1.54) is 17.8 Å². The summed E-state index contributed by atoms with van der Waals surface area (Å²) in [5, 5.41) is 24.9. The maximum Gasteiger partial charge on any atom is 0.303 e. The Bertz CT molecular complexity index is 1040. The van der Waals surface area contributed by atoms with Crippen LogP contribution in [0.1, 0.15) is 36.0 Å². The minimum atomic E-state index is -2.82. The number of alkyl halides is 2. The molecule has 0 amide bonds. The number of nitrogens with one attached hydrogen (secondary N) is 2. The van der Waals surface area contributed by atoms with Crippen LogP contribution in [-0.4, -0.2) is 49.0 Å². The third kappa shape index (κ3) is 6.12. The van der Waals surface area contributed by atoms with E-state index in [4.69, 9.17) is 5.11 Å². The van der Waals surface area contributed by atoms with Gasteiger partial charge in [0.1, 0.15) is 17.5 Å². The van der Waals surface area contributed by atoms with Crippen molar-refractivity contribution >= 4 is 35.1 Å². The molecule has 1 saturated heterocycles. The molecule has 7 nitrogen and oxygen atoms in total. The Balaban J connectivity index is 2.00. The van der Waals surface area contributed by atoms with Gasteiger partial charge in [-0.25, -0.2) is 13.8 Å². The fraction of sp³-hybridized carbons (Fsp3) is 0.435. The van der Waals surface area contributed by atoms with Crippen LogP contribution in [0.5, 0.6) is 0 Å². The van der Waals surface area contributed by atoms with E-state index < -0.39 is 12.4 Å². The topological polar surface area (TPSA) is 101 Å². The molecule has 0 saturated carbocycles. The van der Waals surface area contributed by atoms with Gasteiger partial charge in [0, 0.05) is 30.0 Å². The lowest BCUT2D eigenvalue weighted by Crippen LogP contribution is -2.25. The van der Waals surface area contributed by atoms with Crippen LogP contribution in [0.15, 0.2) is 29.2 Å². The largest absolute Gasteiger partial charge is 0.481 e. The summed E-state index contributed by atoms with van der Waals surface area (Å²) in [6.45, 7) is 2.23. The van der Waals surface area contributed by atoms with E-state index >= 15 is 0 Å². The molecule has 0 bridgehead atoms. The zero-order valence-corrected chi connectivity index (χ0v) is 19.4. The summed E-state index contributed by atoms with van der Waals surface area (Å²) in [5.41, 5.74) is 0.842. The monoisotopic (exact) mass is 475 g/mol. The minimum Gasteiger partial charge on any atom is -0.481 e. The molecule has 0 spiro atoms. The molecule has 10 heteroatoms. The zero-order valence-electron chi connectivity index (χ0n) is 18.6. The predicted octanol–water partition coefficient (Wildman–Crippen LogP) is 4.42. The summed E-state index contributed by atoms with van der Waals surface area (Å²) in [6.07, 6.45) is 0.300. The predicted molar refractivity (Wildman–Crippen MR) is 126 cm³/mol. The Kier molecular flexibility index (Phi) is 8.47. The Hall–Kier alpha value is -2.90. The first-order valence-corrected chi connectivity index (χ1v) is 11.9. The maximum absolute atomic E-state index is 13.9. The lowest BCUT2D eigenvalue weighted by atomic mass is 10.1. The summed E-state index contributed by atoms with van der Waals surface area (Å²) >= 11 is 1.45. The van der Waals surface area contributed by atoms with Gasteiger partial charge in [-0.05, 0) is 62.4 Å². The van der Waals surface area contributed by atoms with E-state index in [2.05, 4.69) is 15.6 Å². The van der Waals surface area contributed by atoms with Crippen molar-refractivity contribution in [3.05, 3.63) is 41.0 Å². The van der Waals surface area contributed by atoms with Crippen LogP contribution in [0.2, 0.25) is 0 Å². The van der Waals surface area contributed by atoms with Gasteiger partial charge in [-0.15, -0.1) is 11.8 Å². The highest BCUT2D eigenvalue weighted by Crippen LogP contribution is 2.36. The van der Waals surface area contributed by atoms with E-state index in [-0.39, 0.29) is 23.4 Å². The number of hydrogen-bond donors (Lipinski definition) is 3. The maximum atomic E-state index is 13.9. The highest BCUT2D eigenvalue weighted by atomic mass is 32.2. The lowest BCUT2D eigenvalue weighted by molar-refractivity contribution is -0.136. The molecule has 1 aliphatic heterocycles. The first kappa shape index (κ1) is 24.7.